The van der Waals surface area contributed by atoms with Crippen LogP contribution in [0, 0.1) is 0 Å². The van der Waals surface area contributed by atoms with Crippen molar-refractivity contribution in [2.24, 2.45) is 0 Å². The second-order valence-corrected chi connectivity index (χ2v) is 7.34. The number of carbonyl (C=O) groups is 1. The summed E-state index contributed by atoms with van der Waals surface area (Å²) in [5.41, 5.74) is 0.675. The van der Waals surface area contributed by atoms with E-state index < -0.39 is 21.5 Å². The van der Waals surface area contributed by atoms with E-state index in [4.69, 9.17) is 0 Å². The number of nitrogens with one attached hydrogen (secondary N) is 2. The highest BCUT2D eigenvalue weighted by Gasteiger charge is 2.17. The molecule has 2 N–H and O–H groups in total. The van der Waals surface area contributed by atoms with Crippen LogP contribution in [0.2, 0.25) is 0 Å². The Morgan fingerprint density at radius 3 is 2.45 bits per heavy atom. The first-order valence-electron chi connectivity index (χ1n) is 6.35. The Morgan fingerprint density at radius 1 is 1.20 bits per heavy atom. The van der Waals surface area contributed by atoms with E-state index in [1.807, 2.05) is 6.92 Å². The van der Waals surface area contributed by atoms with Crippen LogP contribution in [0.1, 0.15) is 12.5 Å². The van der Waals surface area contributed by atoms with Gasteiger partial charge in [0.2, 0.25) is 5.91 Å². The van der Waals surface area contributed by atoms with E-state index in [0.717, 1.165) is 11.0 Å². The van der Waals surface area contributed by atoms with Crippen molar-refractivity contribution in [2.45, 2.75) is 12.7 Å². The van der Waals surface area contributed by atoms with E-state index in [-0.39, 0.29) is 5.75 Å². The molecule has 0 spiro atoms. The first kappa shape index (κ1) is 17.1. The minimum Gasteiger partial charge on any atom is -0.354 e. The highest BCUT2D eigenvalue weighted by molar-refractivity contribution is 9.10. The molecule has 0 bridgehead atoms. The SMILES string of the molecule is CCNCCNC(=O)CS(=O)(=O)Cc1ccc(Br)cc1. The molecule has 1 amide bonds. The quantitative estimate of drug-likeness (QED) is 0.678. The van der Waals surface area contributed by atoms with Crippen molar-refractivity contribution in [3.8, 4) is 0 Å². The van der Waals surface area contributed by atoms with Crippen molar-refractivity contribution in [1.82, 2.24) is 10.6 Å². The minimum atomic E-state index is -3.44. The first-order valence-corrected chi connectivity index (χ1v) is 8.96. The van der Waals surface area contributed by atoms with Crippen molar-refractivity contribution in [3.63, 3.8) is 0 Å². The minimum absolute atomic E-state index is 0.124. The summed E-state index contributed by atoms with van der Waals surface area (Å²) in [6.45, 7) is 3.84. The summed E-state index contributed by atoms with van der Waals surface area (Å²) in [7, 11) is -3.44. The zero-order valence-corrected chi connectivity index (χ0v) is 13.8. The van der Waals surface area contributed by atoms with Crippen LogP contribution in [-0.4, -0.2) is 39.7 Å². The summed E-state index contributed by atoms with van der Waals surface area (Å²) in [5.74, 6) is -1.06. The molecule has 0 fully saturated rings. The molecule has 1 rings (SSSR count). The summed E-state index contributed by atoms with van der Waals surface area (Å²) in [5, 5.41) is 5.62. The van der Waals surface area contributed by atoms with Crippen LogP contribution in [0.5, 0.6) is 0 Å². The average molecular weight is 363 g/mol. The predicted molar refractivity (Wildman–Crippen MR) is 83.2 cm³/mol. The average Bonchev–Trinajstić information content (AvgIpc) is 2.36. The van der Waals surface area contributed by atoms with Crippen LogP contribution in [-0.2, 0) is 20.4 Å². The van der Waals surface area contributed by atoms with Crippen molar-refractivity contribution in [3.05, 3.63) is 34.3 Å². The van der Waals surface area contributed by atoms with Crippen LogP contribution < -0.4 is 10.6 Å². The lowest BCUT2D eigenvalue weighted by molar-refractivity contribution is -0.118. The summed E-state index contributed by atoms with van der Waals surface area (Å²) < 4.78 is 24.7. The van der Waals surface area contributed by atoms with Gasteiger partial charge < -0.3 is 10.6 Å². The first-order chi connectivity index (χ1) is 9.43. The van der Waals surface area contributed by atoms with Crippen LogP contribution in [0.4, 0.5) is 0 Å². The van der Waals surface area contributed by atoms with Gasteiger partial charge in [-0.1, -0.05) is 35.0 Å². The molecule has 0 unspecified atom stereocenters. The third kappa shape index (κ3) is 7.02. The molecule has 0 saturated carbocycles. The van der Waals surface area contributed by atoms with Gasteiger partial charge in [0.1, 0.15) is 5.75 Å². The maximum Gasteiger partial charge on any atom is 0.235 e. The molecule has 1 aromatic rings. The van der Waals surface area contributed by atoms with Gasteiger partial charge >= 0.3 is 0 Å². The smallest absolute Gasteiger partial charge is 0.235 e. The lowest BCUT2D eigenvalue weighted by atomic mass is 10.2. The van der Waals surface area contributed by atoms with Gasteiger partial charge in [-0.05, 0) is 24.2 Å². The number of carbonyl (C=O) groups excluding carboxylic acids is 1. The maximum absolute atomic E-state index is 11.9. The molecule has 1 aromatic carbocycles. The van der Waals surface area contributed by atoms with Crippen LogP contribution >= 0.6 is 15.9 Å². The van der Waals surface area contributed by atoms with Crippen LogP contribution in [0.25, 0.3) is 0 Å². The predicted octanol–water partition coefficient (Wildman–Crippen LogP) is 1.09. The topological polar surface area (TPSA) is 75.3 Å². The molecule has 0 atom stereocenters. The Kier molecular flexibility index (Phi) is 7.18. The molecule has 5 nitrogen and oxygen atoms in total. The molecule has 0 saturated heterocycles. The molecule has 0 aliphatic carbocycles. The number of hydrogen-bond acceptors (Lipinski definition) is 4. The van der Waals surface area contributed by atoms with Gasteiger partial charge in [0.05, 0.1) is 5.75 Å². The number of halogens is 1. The summed E-state index contributed by atoms with van der Waals surface area (Å²) >= 11 is 3.29. The number of sulfone groups is 1. The molecule has 7 heteroatoms. The third-order valence-corrected chi connectivity index (χ3v) is 4.53. The zero-order valence-electron chi connectivity index (χ0n) is 11.4. The number of rotatable bonds is 8. The number of amides is 1. The standard InChI is InChI=1S/C13H19BrN2O3S/c1-2-15-7-8-16-13(17)10-20(18,19)9-11-3-5-12(14)6-4-11/h3-6,15H,2,7-10H2,1H3,(H,16,17). The highest BCUT2D eigenvalue weighted by Crippen LogP contribution is 2.13. The fourth-order valence-corrected chi connectivity index (χ4v) is 3.17. The highest BCUT2D eigenvalue weighted by atomic mass is 79.9. The monoisotopic (exact) mass is 362 g/mol. The van der Waals surface area contributed by atoms with Gasteiger partial charge in [0.25, 0.3) is 0 Å². The van der Waals surface area contributed by atoms with Crippen LogP contribution in [0.15, 0.2) is 28.7 Å². The van der Waals surface area contributed by atoms with Crippen molar-refractivity contribution < 1.29 is 13.2 Å². The molecule has 0 radical (unpaired) electrons. The molecule has 20 heavy (non-hydrogen) atoms. The second kappa shape index (κ2) is 8.39. The van der Waals surface area contributed by atoms with E-state index in [1.54, 1.807) is 24.3 Å². The zero-order chi connectivity index (χ0) is 15.0. The maximum atomic E-state index is 11.9. The third-order valence-electron chi connectivity index (χ3n) is 2.52. The van der Waals surface area contributed by atoms with Gasteiger partial charge in [-0.25, -0.2) is 8.42 Å². The normalized spacial score (nSPS) is 11.3. The summed E-state index contributed by atoms with van der Waals surface area (Å²) in [6, 6.07) is 7.01. The molecular formula is C13H19BrN2O3S. The number of benzene rings is 1. The van der Waals surface area contributed by atoms with Gasteiger partial charge in [-0.3, -0.25) is 4.79 Å². The molecule has 0 aliphatic heterocycles. The largest absolute Gasteiger partial charge is 0.354 e. The molecule has 0 aromatic heterocycles. The lowest BCUT2D eigenvalue weighted by Crippen LogP contribution is -2.35. The number of likely N-dealkylation sites (N-methyl/N-ethyl adjacent to an activating group) is 1. The van der Waals surface area contributed by atoms with E-state index in [0.29, 0.717) is 18.7 Å². The fourth-order valence-electron chi connectivity index (χ4n) is 1.60. The van der Waals surface area contributed by atoms with Crippen molar-refractivity contribution in [2.75, 3.05) is 25.4 Å². The summed E-state index contributed by atoms with van der Waals surface area (Å²) in [6.07, 6.45) is 0. The van der Waals surface area contributed by atoms with Crippen molar-refractivity contribution in [1.29, 1.82) is 0 Å². The Bertz CT molecular complexity index is 529. The van der Waals surface area contributed by atoms with E-state index in [9.17, 15) is 13.2 Å². The van der Waals surface area contributed by atoms with Crippen LogP contribution in [0.3, 0.4) is 0 Å². The van der Waals surface area contributed by atoms with E-state index >= 15 is 0 Å². The van der Waals surface area contributed by atoms with E-state index in [2.05, 4.69) is 26.6 Å². The van der Waals surface area contributed by atoms with Gasteiger partial charge in [0, 0.05) is 17.6 Å². The van der Waals surface area contributed by atoms with Gasteiger partial charge in [-0.2, -0.15) is 0 Å². The van der Waals surface area contributed by atoms with Crippen molar-refractivity contribution >= 4 is 31.7 Å². The van der Waals surface area contributed by atoms with Gasteiger partial charge in [0.15, 0.2) is 9.84 Å². The molecule has 112 valence electrons. The summed E-state index contributed by atoms with van der Waals surface area (Å²) in [4.78, 5) is 11.5. The lowest BCUT2D eigenvalue weighted by Gasteiger charge is -2.07. The molecule has 0 heterocycles. The van der Waals surface area contributed by atoms with Gasteiger partial charge in [-0.15, -0.1) is 0 Å². The van der Waals surface area contributed by atoms with E-state index in [1.165, 1.54) is 0 Å². The fraction of sp³-hybridized carbons (Fsp3) is 0.462. The molecular weight excluding hydrogens is 344 g/mol. The Hall–Kier alpha value is -0.920. The Balaban J connectivity index is 2.44. The molecule has 0 aliphatic rings. The second-order valence-electron chi connectivity index (χ2n) is 4.36. The number of hydrogen-bond donors (Lipinski definition) is 2. The Labute approximate surface area is 128 Å². The Morgan fingerprint density at radius 2 is 1.85 bits per heavy atom.